The minimum Gasteiger partial charge on any atom is -0.393 e. The summed E-state index contributed by atoms with van der Waals surface area (Å²) >= 11 is 0. The molecule has 0 aliphatic heterocycles. The van der Waals surface area contributed by atoms with E-state index in [2.05, 4.69) is 13.8 Å². The van der Waals surface area contributed by atoms with Gasteiger partial charge in [-0.05, 0) is 25.7 Å². The molecule has 0 heterocycles. The predicted molar refractivity (Wildman–Crippen MR) is 80.0 cm³/mol. The molecule has 4 nitrogen and oxygen atoms in total. The highest BCUT2D eigenvalue weighted by Crippen LogP contribution is 2.33. The summed E-state index contributed by atoms with van der Waals surface area (Å²) in [6.45, 7) is 5.27. The largest absolute Gasteiger partial charge is 0.393 e. The van der Waals surface area contributed by atoms with Gasteiger partial charge < -0.3 is 19.0 Å². The normalized spacial score (nSPS) is 14.5. The number of rotatable bonds is 14. The number of aliphatic hydroxyl groups excluding tert-OH is 1. The Hall–Kier alpha value is 0.270. The van der Waals surface area contributed by atoms with Crippen LogP contribution in [-0.4, -0.2) is 29.3 Å². The van der Waals surface area contributed by atoms with Crippen LogP contribution < -0.4 is 0 Å². The van der Waals surface area contributed by atoms with Gasteiger partial charge in [0.1, 0.15) is 0 Å². The van der Waals surface area contributed by atoms with E-state index in [1.165, 1.54) is 19.3 Å². The molecule has 0 radical (unpaired) electrons. The zero-order valence-electron chi connectivity index (χ0n) is 12.5. The van der Waals surface area contributed by atoms with Crippen molar-refractivity contribution >= 4 is 8.60 Å². The summed E-state index contributed by atoms with van der Waals surface area (Å²) in [6, 6.07) is 0. The van der Waals surface area contributed by atoms with E-state index >= 15 is 0 Å². The minimum absolute atomic E-state index is 0.230. The van der Waals surface area contributed by atoms with Gasteiger partial charge in [-0.3, -0.25) is 0 Å². The van der Waals surface area contributed by atoms with Crippen molar-refractivity contribution in [2.24, 2.45) is 0 Å². The van der Waals surface area contributed by atoms with E-state index in [4.69, 9.17) is 9.05 Å². The molecule has 0 aromatic rings. The fraction of sp³-hybridized carbons (Fsp3) is 1.00. The van der Waals surface area contributed by atoms with Crippen LogP contribution in [0.3, 0.4) is 0 Å². The molecule has 0 bridgehead atoms. The van der Waals surface area contributed by atoms with Crippen molar-refractivity contribution in [2.45, 2.75) is 77.7 Å². The molecule has 0 aliphatic rings. The first-order valence-corrected chi connectivity index (χ1v) is 8.76. The topological polar surface area (TPSA) is 58.9 Å². The van der Waals surface area contributed by atoms with Gasteiger partial charge in [0.2, 0.25) is 0 Å². The molecular formula is C14H31O4P. The van der Waals surface area contributed by atoms with E-state index in [0.717, 1.165) is 38.5 Å². The lowest BCUT2D eigenvalue weighted by Gasteiger charge is -2.12. The van der Waals surface area contributed by atoms with Crippen molar-refractivity contribution in [3.05, 3.63) is 0 Å². The van der Waals surface area contributed by atoms with Crippen LogP contribution in [0.5, 0.6) is 0 Å². The monoisotopic (exact) mass is 294 g/mol. The maximum atomic E-state index is 9.74. The Balaban J connectivity index is 3.27. The zero-order chi connectivity index (χ0) is 14.3. The van der Waals surface area contributed by atoms with Crippen LogP contribution in [0.4, 0.5) is 0 Å². The first-order chi connectivity index (χ1) is 9.20. The van der Waals surface area contributed by atoms with Gasteiger partial charge in [0, 0.05) is 0 Å². The molecule has 5 heteroatoms. The summed E-state index contributed by atoms with van der Waals surface area (Å²) in [5.41, 5.74) is 0. The highest BCUT2D eigenvalue weighted by Gasteiger charge is 2.07. The lowest BCUT2D eigenvalue weighted by atomic mass is 10.1. The van der Waals surface area contributed by atoms with Gasteiger partial charge in [0.25, 0.3) is 0 Å². The number of hydrogen-bond acceptors (Lipinski definition) is 4. The summed E-state index contributed by atoms with van der Waals surface area (Å²) in [5.74, 6) is 0. The third-order valence-corrected chi connectivity index (χ3v) is 3.78. The molecule has 0 aromatic carbocycles. The molecule has 0 aromatic heterocycles. The standard InChI is InChI=1S/C14H31O4P/c1-3-5-7-8-10-14(15)11-9-13-18-19(16)17-12-6-4-2/h14-16H,3-13H2,1-2H3. The molecule has 0 rings (SSSR count). The van der Waals surface area contributed by atoms with E-state index < -0.39 is 8.60 Å². The predicted octanol–water partition coefficient (Wildman–Crippen LogP) is 4.15. The second kappa shape index (κ2) is 14.7. The van der Waals surface area contributed by atoms with Crippen molar-refractivity contribution in [3.63, 3.8) is 0 Å². The van der Waals surface area contributed by atoms with Gasteiger partial charge in [-0.2, -0.15) is 0 Å². The molecule has 2 unspecified atom stereocenters. The van der Waals surface area contributed by atoms with E-state index in [-0.39, 0.29) is 6.10 Å². The molecule has 0 spiro atoms. The van der Waals surface area contributed by atoms with Gasteiger partial charge >= 0.3 is 8.60 Å². The lowest BCUT2D eigenvalue weighted by Crippen LogP contribution is -2.07. The van der Waals surface area contributed by atoms with Crippen molar-refractivity contribution in [2.75, 3.05) is 13.2 Å². The summed E-state index contributed by atoms with van der Waals surface area (Å²) in [7, 11) is -1.72. The Kier molecular flexibility index (Phi) is 14.9. The molecule has 0 saturated carbocycles. The van der Waals surface area contributed by atoms with Crippen LogP contribution in [0.2, 0.25) is 0 Å². The maximum absolute atomic E-state index is 9.74. The molecule has 19 heavy (non-hydrogen) atoms. The third-order valence-electron chi connectivity index (χ3n) is 2.97. The van der Waals surface area contributed by atoms with E-state index in [9.17, 15) is 10.00 Å². The third kappa shape index (κ3) is 14.5. The van der Waals surface area contributed by atoms with E-state index in [1.807, 2.05) is 0 Å². The van der Waals surface area contributed by atoms with E-state index in [0.29, 0.717) is 13.2 Å². The van der Waals surface area contributed by atoms with Gasteiger partial charge in [-0.15, -0.1) is 0 Å². The first kappa shape index (κ1) is 19.3. The zero-order valence-corrected chi connectivity index (χ0v) is 13.4. The fourth-order valence-corrected chi connectivity index (χ4v) is 2.38. The van der Waals surface area contributed by atoms with Crippen LogP contribution in [0.15, 0.2) is 0 Å². The molecule has 0 saturated heterocycles. The minimum atomic E-state index is -1.72. The first-order valence-electron chi connectivity index (χ1n) is 7.63. The van der Waals surface area contributed by atoms with Crippen molar-refractivity contribution in [3.8, 4) is 0 Å². The molecule has 0 amide bonds. The molecule has 2 atom stereocenters. The van der Waals surface area contributed by atoms with Gasteiger partial charge in [0.15, 0.2) is 0 Å². The average Bonchev–Trinajstić information content (AvgIpc) is 2.40. The SMILES string of the molecule is CCCCCCC(O)CCCOP(O)OCCCC. The van der Waals surface area contributed by atoms with Crippen LogP contribution in [0.25, 0.3) is 0 Å². The number of unbranched alkanes of at least 4 members (excludes halogenated alkanes) is 4. The van der Waals surface area contributed by atoms with Crippen molar-refractivity contribution in [1.29, 1.82) is 0 Å². The van der Waals surface area contributed by atoms with Crippen LogP contribution in [0, 0.1) is 0 Å². The molecule has 2 N–H and O–H groups in total. The summed E-state index contributed by atoms with van der Waals surface area (Å²) < 4.78 is 10.3. The molecular weight excluding hydrogens is 263 g/mol. The number of hydrogen-bond donors (Lipinski definition) is 2. The molecule has 116 valence electrons. The second-order valence-corrected chi connectivity index (χ2v) is 5.90. The second-order valence-electron chi connectivity index (χ2n) is 4.90. The highest BCUT2D eigenvalue weighted by molar-refractivity contribution is 7.40. The van der Waals surface area contributed by atoms with Crippen LogP contribution in [0.1, 0.15) is 71.6 Å². The Labute approximate surface area is 119 Å². The highest BCUT2D eigenvalue weighted by atomic mass is 31.2. The fourth-order valence-electron chi connectivity index (χ4n) is 1.74. The van der Waals surface area contributed by atoms with Crippen LogP contribution in [-0.2, 0) is 9.05 Å². The maximum Gasteiger partial charge on any atom is 0.329 e. The lowest BCUT2D eigenvalue weighted by molar-refractivity contribution is 0.134. The van der Waals surface area contributed by atoms with Crippen molar-refractivity contribution in [1.82, 2.24) is 0 Å². The van der Waals surface area contributed by atoms with Gasteiger partial charge in [-0.25, -0.2) is 0 Å². The Bertz CT molecular complexity index is 181. The Morgan fingerprint density at radius 1 is 0.842 bits per heavy atom. The Morgan fingerprint density at radius 2 is 1.42 bits per heavy atom. The smallest absolute Gasteiger partial charge is 0.329 e. The van der Waals surface area contributed by atoms with Crippen molar-refractivity contribution < 1.29 is 19.0 Å². The van der Waals surface area contributed by atoms with E-state index in [1.54, 1.807) is 0 Å². The van der Waals surface area contributed by atoms with Gasteiger partial charge in [0.05, 0.1) is 19.3 Å². The summed E-state index contributed by atoms with van der Waals surface area (Å²) in [5, 5.41) is 9.74. The van der Waals surface area contributed by atoms with Crippen LogP contribution >= 0.6 is 8.60 Å². The average molecular weight is 294 g/mol. The molecule has 0 aliphatic carbocycles. The summed E-state index contributed by atoms with van der Waals surface area (Å²) in [4.78, 5) is 9.40. The Morgan fingerprint density at radius 3 is 2.05 bits per heavy atom. The number of aliphatic hydroxyl groups is 1. The quantitative estimate of drug-likeness (QED) is 0.373. The summed E-state index contributed by atoms with van der Waals surface area (Å²) in [6.07, 6.45) is 8.93. The molecule has 0 fully saturated rings. The van der Waals surface area contributed by atoms with Gasteiger partial charge in [-0.1, -0.05) is 46.0 Å².